The molecule has 0 aromatic carbocycles. The fourth-order valence-electron chi connectivity index (χ4n) is 2.26. The third-order valence-electron chi connectivity index (χ3n) is 3.55. The standard InChI is InChI=1S/C15H24N2O5S/c1-12(2)10-21-11-13(14-4-3-7-22-14)16-15(18)17-5-8-23(19,20)9-6-17/h3-4,7,12-13H,5-6,8-11H2,1-2H3,(H,16,18). The van der Waals surface area contributed by atoms with Gasteiger partial charge < -0.3 is 19.4 Å². The molecule has 23 heavy (non-hydrogen) atoms. The highest BCUT2D eigenvalue weighted by molar-refractivity contribution is 7.91. The Kier molecular flexibility index (Phi) is 6.06. The lowest BCUT2D eigenvalue weighted by atomic mass is 10.2. The number of nitrogens with one attached hydrogen (secondary N) is 1. The Balaban J connectivity index is 1.93. The molecule has 0 bridgehead atoms. The number of nitrogens with zero attached hydrogens (tertiary/aromatic N) is 1. The second-order valence-electron chi connectivity index (χ2n) is 6.09. The minimum atomic E-state index is -3.01. The molecule has 1 unspecified atom stereocenters. The fourth-order valence-corrected chi connectivity index (χ4v) is 3.46. The summed E-state index contributed by atoms with van der Waals surface area (Å²) < 4.78 is 33.9. The molecule has 0 spiro atoms. The molecule has 1 N–H and O–H groups in total. The number of carbonyl (C=O) groups is 1. The van der Waals surface area contributed by atoms with Crippen molar-refractivity contribution >= 4 is 15.9 Å². The van der Waals surface area contributed by atoms with E-state index in [-0.39, 0.29) is 30.6 Å². The second-order valence-corrected chi connectivity index (χ2v) is 8.39. The van der Waals surface area contributed by atoms with E-state index in [0.29, 0.717) is 24.9 Å². The van der Waals surface area contributed by atoms with E-state index in [4.69, 9.17) is 9.15 Å². The number of furan rings is 1. The first-order chi connectivity index (χ1) is 10.9. The lowest BCUT2D eigenvalue weighted by Crippen LogP contribution is -2.49. The molecule has 1 aliphatic rings. The van der Waals surface area contributed by atoms with Gasteiger partial charge >= 0.3 is 6.03 Å². The van der Waals surface area contributed by atoms with Gasteiger partial charge in [-0.15, -0.1) is 0 Å². The molecular weight excluding hydrogens is 320 g/mol. The van der Waals surface area contributed by atoms with Crippen LogP contribution in [0.2, 0.25) is 0 Å². The quantitative estimate of drug-likeness (QED) is 0.843. The zero-order valence-corrected chi connectivity index (χ0v) is 14.3. The van der Waals surface area contributed by atoms with Crippen molar-refractivity contribution in [2.24, 2.45) is 5.92 Å². The van der Waals surface area contributed by atoms with E-state index >= 15 is 0 Å². The van der Waals surface area contributed by atoms with Crippen LogP contribution in [0, 0.1) is 5.92 Å². The highest BCUT2D eigenvalue weighted by atomic mass is 32.2. The van der Waals surface area contributed by atoms with Gasteiger partial charge in [0.2, 0.25) is 0 Å². The maximum atomic E-state index is 12.3. The smallest absolute Gasteiger partial charge is 0.318 e. The number of carbonyl (C=O) groups excluding carboxylic acids is 1. The highest BCUT2D eigenvalue weighted by Gasteiger charge is 2.27. The van der Waals surface area contributed by atoms with Crippen LogP contribution in [0.1, 0.15) is 25.6 Å². The minimum absolute atomic E-state index is 0.00961. The summed E-state index contributed by atoms with van der Waals surface area (Å²) in [5.74, 6) is 1.03. The van der Waals surface area contributed by atoms with Gasteiger partial charge in [-0.1, -0.05) is 13.8 Å². The van der Waals surface area contributed by atoms with Gasteiger partial charge in [0.1, 0.15) is 11.8 Å². The van der Waals surface area contributed by atoms with E-state index in [2.05, 4.69) is 19.2 Å². The first kappa shape index (κ1) is 17.8. The number of sulfone groups is 1. The number of rotatable bonds is 6. The van der Waals surface area contributed by atoms with Crippen molar-refractivity contribution < 1.29 is 22.4 Å². The summed E-state index contributed by atoms with van der Waals surface area (Å²) in [4.78, 5) is 13.8. The van der Waals surface area contributed by atoms with Crippen molar-refractivity contribution in [3.63, 3.8) is 0 Å². The lowest BCUT2D eigenvalue weighted by Gasteiger charge is -2.28. The Morgan fingerprint density at radius 1 is 1.35 bits per heavy atom. The molecule has 1 saturated heterocycles. The number of urea groups is 1. The van der Waals surface area contributed by atoms with E-state index in [0.717, 1.165) is 0 Å². The van der Waals surface area contributed by atoms with Crippen molar-refractivity contribution in [1.82, 2.24) is 10.2 Å². The molecule has 130 valence electrons. The van der Waals surface area contributed by atoms with Gasteiger partial charge in [0.15, 0.2) is 9.84 Å². The summed E-state index contributed by atoms with van der Waals surface area (Å²) in [6, 6.07) is 2.85. The average molecular weight is 344 g/mol. The first-order valence-corrected chi connectivity index (χ1v) is 9.56. The SMILES string of the molecule is CC(C)COCC(NC(=O)N1CCS(=O)(=O)CC1)c1ccco1. The van der Waals surface area contributed by atoms with Gasteiger partial charge in [-0.2, -0.15) is 0 Å². The third kappa shape index (κ3) is 5.54. The monoisotopic (exact) mass is 344 g/mol. The van der Waals surface area contributed by atoms with Crippen molar-refractivity contribution in [1.29, 1.82) is 0 Å². The molecule has 2 rings (SSSR count). The maximum absolute atomic E-state index is 12.3. The van der Waals surface area contributed by atoms with Crippen molar-refractivity contribution in [3.8, 4) is 0 Å². The summed E-state index contributed by atoms with van der Waals surface area (Å²) in [7, 11) is -3.01. The molecule has 1 fully saturated rings. The number of amides is 2. The van der Waals surface area contributed by atoms with E-state index in [9.17, 15) is 13.2 Å². The predicted molar refractivity (Wildman–Crippen MR) is 85.9 cm³/mol. The third-order valence-corrected chi connectivity index (χ3v) is 5.16. The Labute approximate surface area is 136 Å². The van der Waals surface area contributed by atoms with Crippen LogP contribution in [0.3, 0.4) is 0 Å². The number of hydrogen-bond donors (Lipinski definition) is 1. The highest BCUT2D eigenvalue weighted by Crippen LogP contribution is 2.15. The van der Waals surface area contributed by atoms with Crippen LogP contribution in [0.5, 0.6) is 0 Å². The molecule has 8 heteroatoms. The zero-order chi connectivity index (χ0) is 16.9. The van der Waals surface area contributed by atoms with E-state index in [1.165, 1.54) is 4.90 Å². The van der Waals surface area contributed by atoms with Crippen molar-refractivity contribution in [3.05, 3.63) is 24.2 Å². The summed E-state index contributed by atoms with van der Waals surface area (Å²) in [6.45, 7) is 5.43. The Morgan fingerprint density at radius 2 is 2.04 bits per heavy atom. The Bertz CT molecular complexity index is 583. The topological polar surface area (TPSA) is 88.9 Å². The molecule has 1 atom stereocenters. The van der Waals surface area contributed by atoms with Gasteiger partial charge in [-0.05, 0) is 18.1 Å². The predicted octanol–water partition coefficient (Wildman–Crippen LogP) is 1.43. The Morgan fingerprint density at radius 3 is 2.61 bits per heavy atom. The number of hydrogen-bond acceptors (Lipinski definition) is 5. The molecular formula is C15H24N2O5S. The van der Waals surface area contributed by atoms with Gasteiger partial charge in [-0.25, -0.2) is 13.2 Å². The van der Waals surface area contributed by atoms with Gasteiger partial charge in [0, 0.05) is 19.7 Å². The molecule has 0 saturated carbocycles. The molecule has 1 aliphatic heterocycles. The van der Waals surface area contributed by atoms with Gasteiger partial charge in [-0.3, -0.25) is 0 Å². The van der Waals surface area contributed by atoms with E-state index < -0.39 is 15.9 Å². The zero-order valence-electron chi connectivity index (χ0n) is 13.5. The number of ether oxygens (including phenoxy) is 1. The first-order valence-electron chi connectivity index (χ1n) is 7.74. The molecule has 7 nitrogen and oxygen atoms in total. The molecule has 2 heterocycles. The summed E-state index contributed by atoms with van der Waals surface area (Å²) in [6.07, 6.45) is 1.55. The molecule has 1 aromatic rings. The minimum Gasteiger partial charge on any atom is -0.467 e. The summed E-state index contributed by atoms with van der Waals surface area (Å²) in [5, 5.41) is 2.86. The van der Waals surface area contributed by atoms with Gasteiger partial charge in [0.05, 0.1) is 24.4 Å². The average Bonchev–Trinajstić information content (AvgIpc) is 2.99. The normalized spacial score (nSPS) is 18.8. The molecule has 0 radical (unpaired) electrons. The fraction of sp³-hybridized carbons (Fsp3) is 0.667. The van der Waals surface area contributed by atoms with Crippen LogP contribution in [0.4, 0.5) is 4.79 Å². The van der Waals surface area contributed by atoms with Gasteiger partial charge in [0.25, 0.3) is 0 Å². The van der Waals surface area contributed by atoms with Crippen LogP contribution in [0.25, 0.3) is 0 Å². The van der Waals surface area contributed by atoms with Crippen LogP contribution in [0.15, 0.2) is 22.8 Å². The van der Waals surface area contributed by atoms with Crippen LogP contribution in [-0.4, -0.2) is 57.2 Å². The van der Waals surface area contributed by atoms with Crippen LogP contribution in [-0.2, 0) is 14.6 Å². The Hall–Kier alpha value is -1.54. The summed E-state index contributed by atoms with van der Waals surface area (Å²) >= 11 is 0. The summed E-state index contributed by atoms with van der Waals surface area (Å²) in [5.41, 5.74) is 0. The van der Waals surface area contributed by atoms with Crippen molar-refractivity contribution in [2.45, 2.75) is 19.9 Å². The van der Waals surface area contributed by atoms with E-state index in [1.54, 1.807) is 18.4 Å². The molecule has 0 aliphatic carbocycles. The lowest BCUT2D eigenvalue weighted by molar-refractivity contribution is 0.0847. The van der Waals surface area contributed by atoms with Crippen molar-refractivity contribution in [2.75, 3.05) is 37.8 Å². The van der Waals surface area contributed by atoms with Crippen LogP contribution < -0.4 is 5.32 Å². The molecule has 2 amide bonds. The van der Waals surface area contributed by atoms with E-state index in [1.807, 2.05) is 0 Å². The maximum Gasteiger partial charge on any atom is 0.318 e. The largest absolute Gasteiger partial charge is 0.467 e. The molecule has 1 aromatic heterocycles. The van der Waals surface area contributed by atoms with Crippen LogP contribution >= 0.6 is 0 Å². The second kappa shape index (κ2) is 7.83.